The van der Waals surface area contributed by atoms with Crippen molar-refractivity contribution in [1.82, 2.24) is 14.5 Å². The van der Waals surface area contributed by atoms with E-state index in [4.69, 9.17) is 0 Å². The van der Waals surface area contributed by atoms with E-state index in [1.54, 1.807) is 6.21 Å². The number of nitrogens with zero attached hydrogens (tertiary/aromatic N) is 4. The number of aryl methyl sites for hydroxylation is 1. The van der Waals surface area contributed by atoms with Crippen LogP contribution in [0.15, 0.2) is 29.5 Å². The third-order valence-electron chi connectivity index (χ3n) is 3.06. The van der Waals surface area contributed by atoms with Gasteiger partial charge < -0.3 is 4.57 Å². The van der Waals surface area contributed by atoms with Gasteiger partial charge in [-0.05, 0) is 26.0 Å². The van der Waals surface area contributed by atoms with E-state index in [1.807, 2.05) is 32.2 Å². The number of aromatic nitrogens is 3. The standard InChI is InChI=1S/C14H15N5/c1-3-16-18-12-7-6-11(9-15-12)14-10(2)17-13-5-4-8-19(13)14/h3-4,6-9H,5H2,1-2H3,(H,15,18)/b16-3-. The predicted molar refractivity (Wildman–Crippen MR) is 77.0 cm³/mol. The van der Waals surface area contributed by atoms with Gasteiger partial charge in [0.25, 0.3) is 0 Å². The Morgan fingerprint density at radius 2 is 2.32 bits per heavy atom. The largest absolute Gasteiger partial charge is 0.303 e. The molecule has 0 aromatic carbocycles. The van der Waals surface area contributed by atoms with E-state index in [0.717, 1.165) is 35.0 Å². The van der Waals surface area contributed by atoms with Crippen molar-refractivity contribution in [2.45, 2.75) is 20.3 Å². The molecule has 0 saturated heterocycles. The van der Waals surface area contributed by atoms with Crippen molar-refractivity contribution < 1.29 is 0 Å². The van der Waals surface area contributed by atoms with Crippen LogP contribution in [0, 0.1) is 6.92 Å². The fourth-order valence-electron chi connectivity index (χ4n) is 2.25. The van der Waals surface area contributed by atoms with E-state index in [-0.39, 0.29) is 0 Å². The number of anilines is 1. The zero-order chi connectivity index (χ0) is 13.2. The molecular formula is C14H15N5. The maximum absolute atomic E-state index is 4.57. The van der Waals surface area contributed by atoms with Gasteiger partial charge in [-0.15, -0.1) is 0 Å². The van der Waals surface area contributed by atoms with Crippen LogP contribution in [-0.4, -0.2) is 20.7 Å². The van der Waals surface area contributed by atoms with Gasteiger partial charge >= 0.3 is 0 Å². The van der Waals surface area contributed by atoms with Crippen LogP contribution in [0.25, 0.3) is 17.5 Å². The van der Waals surface area contributed by atoms with Crippen molar-refractivity contribution in [2.24, 2.45) is 5.10 Å². The number of fused-ring (bicyclic) bond motifs is 1. The highest BCUT2D eigenvalue weighted by molar-refractivity contribution is 5.67. The molecule has 5 nitrogen and oxygen atoms in total. The first-order valence-electron chi connectivity index (χ1n) is 6.24. The first-order valence-corrected chi connectivity index (χ1v) is 6.24. The summed E-state index contributed by atoms with van der Waals surface area (Å²) in [5.74, 6) is 1.82. The number of hydrogen-bond donors (Lipinski definition) is 1. The Bertz CT molecular complexity index is 649. The Labute approximate surface area is 111 Å². The molecule has 1 aliphatic heterocycles. The topological polar surface area (TPSA) is 55.1 Å². The van der Waals surface area contributed by atoms with Gasteiger partial charge in [-0.25, -0.2) is 9.97 Å². The first-order chi connectivity index (χ1) is 9.29. The van der Waals surface area contributed by atoms with Gasteiger partial charge in [-0.3, -0.25) is 5.43 Å². The average Bonchev–Trinajstić information content (AvgIpc) is 2.97. The first kappa shape index (κ1) is 11.6. The molecule has 0 radical (unpaired) electrons. The summed E-state index contributed by atoms with van der Waals surface area (Å²) in [5.41, 5.74) is 6.07. The Morgan fingerprint density at radius 3 is 3.05 bits per heavy atom. The molecule has 1 aliphatic rings. The summed E-state index contributed by atoms with van der Waals surface area (Å²) in [4.78, 5) is 8.92. The molecule has 96 valence electrons. The van der Waals surface area contributed by atoms with Crippen molar-refractivity contribution >= 4 is 18.2 Å². The molecule has 0 bridgehead atoms. The summed E-state index contributed by atoms with van der Waals surface area (Å²) in [6.07, 6.45) is 8.62. The lowest BCUT2D eigenvalue weighted by molar-refractivity contribution is 1.02. The molecule has 0 spiro atoms. The summed E-state index contributed by atoms with van der Waals surface area (Å²) in [6.45, 7) is 3.88. The zero-order valence-corrected chi connectivity index (χ0v) is 11.0. The molecular weight excluding hydrogens is 238 g/mol. The molecule has 0 amide bonds. The van der Waals surface area contributed by atoms with Gasteiger partial charge in [0, 0.05) is 30.6 Å². The van der Waals surface area contributed by atoms with Crippen molar-refractivity contribution in [2.75, 3.05) is 5.43 Å². The van der Waals surface area contributed by atoms with E-state index in [9.17, 15) is 0 Å². The van der Waals surface area contributed by atoms with E-state index in [2.05, 4.69) is 37.3 Å². The van der Waals surface area contributed by atoms with Crippen LogP contribution in [0.3, 0.4) is 0 Å². The molecule has 0 atom stereocenters. The van der Waals surface area contributed by atoms with Crippen LogP contribution in [0.5, 0.6) is 0 Å². The molecule has 0 saturated carbocycles. The van der Waals surface area contributed by atoms with Crippen LogP contribution in [-0.2, 0) is 6.42 Å². The number of nitrogens with one attached hydrogen (secondary N) is 1. The third-order valence-corrected chi connectivity index (χ3v) is 3.06. The lowest BCUT2D eigenvalue weighted by atomic mass is 10.2. The minimum Gasteiger partial charge on any atom is -0.303 e. The maximum Gasteiger partial charge on any atom is 0.146 e. The number of allylic oxidation sites excluding steroid dienone is 1. The van der Waals surface area contributed by atoms with Gasteiger partial charge in [-0.1, -0.05) is 6.08 Å². The van der Waals surface area contributed by atoms with Gasteiger partial charge in [0.15, 0.2) is 0 Å². The summed E-state index contributed by atoms with van der Waals surface area (Å²) in [5, 5.41) is 3.94. The molecule has 0 fully saturated rings. The van der Waals surface area contributed by atoms with E-state index in [1.165, 1.54) is 0 Å². The summed E-state index contributed by atoms with van der Waals surface area (Å²) in [7, 11) is 0. The molecule has 3 rings (SSSR count). The normalized spacial score (nSPS) is 13.2. The fraction of sp³-hybridized carbons (Fsp3) is 0.214. The number of pyridine rings is 1. The van der Waals surface area contributed by atoms with E-state index in [0.29, 0.717) is 0 Å². The summed E-state index contributed by atoms with van der Waals surface area (Å²) in [6, 6.07) is 3.95. The Hall–Kier alpha value is -2.43. The monoisotopic (exact) mass is 253 g/mol. The molecule has 2 aromatic rings. The Balaban J connectivity index is 1.97. The molecule has 2 aromatic heterocycles. The smallest absolute Gasteiger partial charge is 0.146 e. The van der Waals surface area contributed by atoms with Crippen molar-refractivity contribution in [3.63, 3.8) is 0 Å². The quantitative estimate of drug-likeness (QED) is 0.676. The van der Waals surface area contributed by atoms with E-state index < -0.39 is 0 Å². The second-order valence-electron chi connectivity index (χ2n) is 4.35. The summed E-state index contributed by atoms with van der Waals surface area (Å²) >= 11 is 0. The van der Waals surface area contributed by atoms with Crippen LogP contribution in [0.4, 0.5) is 5.82 Å². The maximum atomic E-state index is 4.57. The third kappa shape index (κ3) is 2.03. The highest BCUT2D eigenvalue weighted by atomic mass is 15.3. The number of rotatable bonds is 3. The zero-order valence-electron chi connectivity index (χ0n) is 11.0. The molecule has 0 aliphatic carbocycles. The average molecular weight is 253 g/mol. The molecule has 19 heavy (non-hydrogen) atoms. The number of hydrazone groups is 1. The van der Waals surface area contributed by atoms with Crippen LogP contribution in [0.2, 0.25) is 0 Å². The second-order valence-corrected chi connectivity index (χ2v) is 4.35. The molecule has 5 heteroatoms. The fourth-order valence-corrected chi connectivity index (χ4v) is 2.25. The molecule has 1 N–H and O–H groups in total. The highest BCUT2D eigenvalue weighted by Crippen LogP contribution is 2.28. The van der Waals surface area contributed by atoms with Crippen LogP contribution >= 0.6 is 0 Å². The van der Waals surface area contributed by atoms with Crippen LogP contribution in [0.1, 0.15) is 18.4 Å². The number of hydrogen-bond acceptors (Lipinski definition) is 4. The van der Waals surface area contributed by atoms with Gasteiger partial charge in [-0.2, -0.15) is 5.10 Å². The lowest BCUT2D eigenvalue weighted by Gasteiger charge is -2.05. The molecule has 3 heterocycles. The minimum atomic E-state index is 0.733. The lowest BCUT2D eigenvalue weighted by Crippen LogP contribution is -1.95. The van der Waals surface area contributed by atoms with Gasteiger partial charge in [0.2, 0.25) is 0 Å². The number of imidazole rings is 1. The highest BCUT2D eigenvalue weighted by Gasteiger charge is 2.16. The van der Waals surface area contributed by atoms with E-state index >= 15 is 0 Å². The second kappa shape index (κ2) is 4.68. The minimum absolute atomic E-state index is 0.733. The molecule has 0 unspecified atom stereocenters. The predicted octanol–water partition coefficient (Wildman–Crippen LogP) is 2.70. The van der Waals surface area contributed by atoms with Crippen molar-refractivity contribution in [1.29, 1.82) is 0 Å². The summed E-state index contributed by atoms with van der Waals surface area (Å²) < 4.78 is 2.13. The van der Waals surface area contributed by atoms with Gasteiger partial charge in [0.1, 0.15) is 11.6 Å². The van der Waals surface area contributed by atoms with Crippen molar-refractivity contribution in [3.05, 3.63) is 35.9 Å². The Morgan fingerprint density at radius 1 is 1.42 bits per heavy atom. The van der Waals surface area contributed by atoms with Crippen molar-refractivity contribution in [3.8, 4) is 11.3 Å². The Kier molecular flexibility index (Phi) is 2.87. The SMILES string of the molecule is C/C=N\Nc1ccc(-c2c(C)nc3n2C=CC3)cn1. The van der Waals surface area contributed by atoms with Gasteiger partial charge in [0.05, 0.1) is 11.4 Å². The van der Waals surface area contributed by atoms with Crippen LogP contribution < -0.4 is 5.43 Å².